The van der Waals surface area contributed by atoms with Crippen LogP contribution < -0.4 is 10.9 Å². The molecule has 1 aliphatic heterocycles. The number of fused-ring (bicyclic) bond motifs is 1. The number of nitrogens with zero attached hydrogens (tertiary/aromatic N) is 3. The van der Waals surface area contributed by atoms with Crippen molar-refractivity contribution in [3.63, 3.8) is 0 Å². The van der Waals surface area contributed by atoms with Crippen molar-refractivity contribution >= 4 is 17.2 Å². The highest BCUT2D eigenvalue weighted by Gasteiger charge is 2.19. The minimum atomic E-state index is -0.0728. The van der Waals surface area contributed by atoms with Crippen LogP contribution in [-0.4, -0.2) is 41.0 Å². The predicted octanol–water partition coefficient (Wildman–Crippen LogP) is 2.17. The van der Waals surface area contributed by atoms with E-state index in [1.807, 2.05) is 7.05 Å². The van der Waals surface area contributed by atoms with Crippen LogP contribution in [0.1, 0.15) is 25.0 Å². The van der Waals surface area contributed by atoms with Gasteiger partial charge in [-0.3, -0.25) is 14.1 Å². The van der Waals surface area contributed by atoms with E-state index in [1.165, 1.54) is 23.7 Å². The molecular weight excluding hydrogens is 312 g/mol. The Morgan fingerprint density at radius 2 is 2.13 bits per heavy atom. The minimum absolute atomic E-state index is 0.0728. The Morgan fingerprint density at radius 3 is 2.87 bits per heavy atom. The van der Waals surface area contributed by atoms with Gasteiger partial charge in [-0.25, -0.2) is 4.98 Å². The van der Waals surface area contributed by atoms with Crippen molar-refractivity contribution in [3.05, 3.63) is 45.5 Å². The van der Waals surface area contributed by atoms with Gasteiger partial charge < -0.3 is 5.32 Å². The second kappa shape index (κ2) is 7.43. The maximum absolute atomic E-state index is 12.2. The summed E-state index contributed by atoms with van der Waals surface area (Å²) in [6.45, 7) is 4.00. The number of likely N-dealkylation sites (tertiary alicyclic amines) is 1. The normalized spacial score (nSPS) is 17.0. The van der Waals surface area contributed by atoms with Gasteiger partial charge in [0.25, 0.3) is 5.56 Å². The molecule has 0 spiro atoms. The summed E-state index contributed by atoms with van der Waals surface area (Å²) >= 11 is 5.94. The molecule has 0 unspecified atom stereocenters. The maximum atomic E-state index is 12.2. The van der Waals surface area contributed by atoms with E-state index in [0.717, 1.165) is 37.8 Å². The van der Waals surface area contributed by atoms with Gasteiger partial charge in [-0.1, -0.05) is 11.6 Å². The average Bonchev–Trinajstić information content (AvgIpc) is 2.55. The molecule has 1 fully saturated rings. The van der Waals surface area contributed by atoms with Crippen molar-refractivity contribution in [2.24, 2.45) is 5.92 Å². The minimum Gasteiger partial charge on any atom is -0.320 e. The number of piperidine rings is 1. The van der Waals surface area contributed by atoms with Crippen LogP contribution in [0.5, 0.6) is 0 Å². The zero-order chi connectivity index (χ0) is 16.2. The summed E-state index contributed by atoms with van der Waals surface area (Å²) in [4.78, 5) is 19.2. The van der Waals surface area contributed by atoms with Gasteiger partial charge in [-0.15, -0.1) is 0 Å². The fourth-order valence-electron chi connectivity index (χ4n) is 3.22. The van der Waals surface area contributed by atoms with Crippen molar-refractivity contribution in [1.82, 2.24) is 19.6 Å². The molecule has 124 valence electrons. The number of nitrogens with one attached hydrogen (secondary N) is 1. The van der Waals surface area contributed by atoms with Gasteiger partial charge in [0.05, 0.1) is 10.7 Å². The van der Waals surface area contributed by atoms with Crippen molar-refractivity contribution in [3.8, 4) is 0 Å². The van der Waals surface area contributed by atoms with Gasteiger partial charge in [0.15, 0.2) is 0 Å². The summed E-state index contributed by atoms with van der Waals surface area (Å²) in [5.74, 6) is 0.816. The first kappa shape index (κ1) is 16.4. The number of hydrogen-bond acceptors (Lipinski definition) is 4. The molecule has 6 heteroatoms. The first-order chi connectivity index (χ1) is 11.2. The zero-order valence-corrected chi connectivity index (χ0v) is 14.2. The highest BCUT2D eigenvalue weighted by atomic mass is 35.5. The van der Waals surface area contributed by atoms with E-state index in [4.69, 9.17) is 11.6 Å². The van der Waals surface area contributed by atoms with Gasteiger partial charge in [0.2, 0.25) is 0 Å². The second-order valence-corrected chi connectivity index (χ2v) is 6.71. The topological polar surface area (TPSA) is 49.6 Å². The lowest BCUT2D eigenvalue weighted by molar-refractivity contribution is 0.171. The van der Waals surface area contributed by atoms with Gasteiger partial charge in [0, 0.05) is 18.8 Å². The first-order valence-electron chi connectivity index (χ1n) is 8.20. The fourth-order valence-corrected chi connectivity index (χ4v) is 3.38. The molecule has 5 nitrogen and oxygen atoms in total. The predicted molar refractivity (Wildman–Crippen MR) is 93.0 cm³/mol. The molecule has 0 radical (unpaired) electrons. The fraction of sp³-hybridized carbons (Fsp3) is 0.529. The van der Waals surface area contributed by atoms with Gasteiger partial charge in [0.1, 0.15) is 5.65 Å². The molecule has 2 aromatic heterocycles. The third-order valence-electron chi connectivity index (χ3n) is 4.57. The molecule has 1 N–H and O–H groups in total. The van der Waals surface area contributed by atoms with Gasteiger partial charge in [-0.2, -0.15) is 0 Å². The Hall–Kier alpha value is -1.43. The summed E-state index contributed by atoms with van der Waals surface area (Å²) in [5, 5.41) is 3.76. The molecule has 0 saturated carbocycles. The lowest BCUT2D eigenvalue weighted by atomic mass is 9.93. The number of aromatic nitrogens is 2. The maximum Gasteiger partial charge on any atom is 0.258 e. The average molecular weight is 335 g/mol. The number of hydrogen-bond donors (Lipinski definition) is 1. The molecule has 3 rings (SSSR count). The first-order valence-corrected chi connectivity index (χ1v) is 8.58. The molecule has 2 aromatic rings. The van der Waals surface area contributed by atoms with Crippen LogP contribution in [0.2, 0.25) is 5.02 Å². The summed E-state index contributed by atoms with van der Waals surface area (Å²) < 4.78 is 1.50. The molecule has 1 saturated heterocycles. The molecule has 0 bridgehead atoms. The van der Waals surface area contributed by atoms with E-state index < -0.39 is 0 Å². The Labute approximate surface area is 141 Å². The van der Waals surface area contributed by atoms with Crippen LogP contribution in [-0.2, 0) is 6.54 Å². The lowest BCUT2D eigenvalue weighted by Gasteiger charge is -2.31. The van der Waals surface area contributed by atoms with Crippen molar-refractivity contribution < 1.29 is 0 Å². The Bertz CT molecular complexity index is 722. The summed E-state index contributed by atoms with van der Waals surface area (Å²) in [6.07, 6.45) is 5.32. The van der Waals surface area contributed by atoms with Gasteiger partial charge >= 0.3 is 0 Å². The highest BCUT2D eigenvalue weighted by molar-refractivity contribution is 6.30. The monoisotopic (exact) mass is 334 g/mol. The van der Waals surface area contributed by atoms with Gasteiger partial charge in [-0.05, 0) is 64.0 Å². The molecule has 0 atom stereocenters. The standard InChI is InChI=1S/C17H23ClN4O/c1-19-7-4-13-5-8-21(9-6-13)12-15-10-17(23)22-11-14(18)2-3-16(22)20-15/h2-3,10-11,13,19H,4-9,12H2,1H3. The van der Waals surface area contributed by atoms with Crippen LogP contribution in [0.4, 0.5) is 0 Å². The molecule has 0 amide bonds. The number of halogens is 1. The zero-order valence-electron chi connectivity index (χ0n) is 13.5. The third kappa shape index (κ3) is 4.10. The van der Waals surface area contributed by atoms with Crippen molar-refractivity contribution in [2.45, 2.75) is 25.8 Å². The molecule has 0 aromatic carbocycles. The van der Waals surface area contributed by atoms with Crippen LogP contribution in [0.3, 0.4) is 0 Å². The smallest absolute Gasteiger partial charge is 0.258 e. The van der Waals surface area contributed by atoms with E-state index in [-0.39, 0.29) is 5.56 Å². The van der Waals surface area contributed by atoms with E-state index in [2.05, 4.69) is 15.2 Å². The van der Waals surface area contributed by atoms with Crippen LogP contribution in [0.15, 0.2) is 29.2 Å². The Balaban J connectivity index is 1.66. The van der Waals surface area contributed by atoms with Crippen LogP contribution >= 0.6 is 11.6 Å². The van der Waals surface area contributed by atoms with Crippen LogP contribution in [0.25, 0.3) is 5.65 Å². The lowest BCUT2D eigenvalue weighted by Crippen LogP contribution is -2.34. The molecule has 1 aliphatic rings. The van der Waals surface area contributed by atoms with E-state index in [0.29, 0.717) is 10.7 Å². The summed E-state index contributed by atoms with van der Waals surface area (Å²) in [7, 11) is 2.01. The van der Waals surface area contributed by atoms with E-state index in [1.54, 1.807) is 24.4 Å². The van der Waals surface area contributed by atoms with Crippen molar-refractivity contribution in [1.29, 1.82) is 0 Å². The van der Waals surface area contributed by atoms with E-state index >= 15 is 0 Å². The number of rotatable bonds is 5. The molecular formula is C17H23ClN4O. The van der Waals surface area contributed by atoms with E-state index in [9.17, 15) is 4.79 Å². The largest absolute Gasteiger partial charge is 0.320 e. The molecule has 23 heavy (non-hydrogen) atoms. The Morgan fingerprint density at radius 1 is 1.35 bits per heavy atom. The third-order valence-corrected chi connectivity index (χ3v) is 4.80. The second-order valence-electron chi connectivity index (χ2n) is 6.27. The highest BCUT2D eigenvalue weighted by Crippen LogP contribution is 2.21. The molecule has 0 aliphatic carbocycles. The molecule has 3 heterocycles. The summed E-state index contributed by atoms with van der Waals surface area (Å²) in [5.41, 5.74) is 1.42. The number of pyridine rings is 1. The SMILES string of the molecule is CNCCC1CCN(Cc2cc(=O)n3cc(Cl)ccc3n2)CC1. The van der Waals surface area contributed by atoms with Crippen LogP contribution in [0, 0.1) is 5.92 Å². The quantitative estimate of drug-likeness (QED) is 0.910. The Kier molecular flexibility index (Phi) is 5.30. The summed E-state index contributed by atoms with van der Waals surface area (Å²) in [6, 6.07) is 5.17. The van der Waals surface area contributed by atoms with Crippen molar-refractivity contribution in [2.75, 3.05) is 26.7 Å².